The van der Waals surface area contributed by atoms with Crippen molar-refractivity contribution in [3.8, 4) is 22.8 Å². The molecule has 0 saturated heterocycles. The monoisotopic (exact) mass is 447 g/mol. The van der Waals surface area contributed by atoms with E-state index in [4.69, 9.17) is 9.47 Å². The van der Waals surface area contributed by atoms with Gasteiger partial charge in [-0.15, -0.1) is 0 Å². The lowest BCUT2D eigenvalue weighted by molar-refractivity contribution is -0.122. The second kappa shape index (κ2) is 9.56. The molecule has 4 rings (SSSR count). The van der Waals surface area contributed by atoms with Gasteiger partial charge in [0, 0.05) is 5.56 Å². The Labute approximate surface area is 190 Å². The highest BCUT2D eigenvalue weighted by molar-refractivity contribution is 5.76. The van der Waals surface area contributed by atoms with E-state index in [1.165, 1.54) is 10.8 Å². The number of methoxy groups -OCH3 is 1. The molecule has 1 amide bonds. The van der Waals surface area contributed by atoms with Gasteiger partial charge >= 0.3 is 0 Å². The van der Waals surface area contributed by atoms with E-state index in [2.05, 4.69) is 15.5 Å². The molecule has 9 nitrogen and oxygen atoms in total. The van der Waals surface area contributed by atoms with E-state index in [1.54, 1.807) is 13.2 Å². The molecule has 9 heteroatoms. The average Bonchev–Trinajstić information content (AvgIpc) is 3.27. The molecular formula is C24H25N5O4. The molecule has 0 bridgehead atoms. The van der Waals surface area contributed by atoms with Crippen LogP contribution in [-0.4, -0.2) is 39.0 Å². The number of fused-ring (bicyclic) bond motifs is 1. The first kappa shape index (κ1) is 22.1. The number of amides is 1. The van der Waals surface area contributed by atoms with Crippen LogP contribution >= 0.6 is 0 Å². The molecular weight excluding hydrogens is 422 g/mol. The highest BCUT2D eigenvalue weighted by Gasteiger charge is 2.15. The van der Waals surface area contributed by atoms with Crippen molar-refractivity contribution in [2.45, 2.75) is 26.4 Å². The summed E-state index contributed by atoms with van der Waals surface area (Å²) >= 11 is 0. The van der Waals surface area contributed by atoms with Gasteiger partial charge in [0.2, 0.25) is 5.91 Å². The third-order valence-corrected chi connectivity index (χ3v) is 5.22. The minimum Gasteiger partial charge on any atom is -0.497 e. The zero-order chi connectivity index (χ0) is 23.4. The number of nitrogens with zero attached hydrogens (tertiary/aromatic N) is 4. The third-order valence-electron chi connectivity index (χ3n) is 5.22. The number of carbonyl (C=O) groups is 1. The van der Waals surface area contributed by atoms with Crippen LogP contribution in [0.2, 0.25) is 0 Å². The third kappa shape index (κ3) is 4.87. The molecule has 33 heavy (non-hydrogen) atoms. The van der Waals surface area contributed by atoms with Gasteiger partial charge in [0.05, 0.1) is 25.5 Å². The second-order valence-electron chi connectivity index (χ2n) is 7.48. The van der Waals surface area contributed by atoms with Crippen LogP contribution in [0.1, 0.15) is 25.5 Å². The van der Waals surface area contributed by atoms with Crippen LogP contribution in [0.4, 0.5) is 0 Å². The SMILES string of the molecule is CCOc1ccc(-c2cc3c(=O)n(CC(=O)NC(C)c4cccc(OC)c4)ncn3n2)cc1. The maximum Gasteiger partial charge on any atom is 0.293 e. The predicted molar refractivity (Wildman–Crippen MR) is 123 cm³/mol. The topological polar surface area (TPSA) is 99.8 Å². The fourth-order valence-electron chi connectivity index (χ4n) is 3.50. The summed E-state index contributed by atoms with van der Waals surface area (Å²) in [6.07, 6.45) is 1.42. The average molecular weight is 447 g/mol. The summed E-state index contributed by atoms with van der Waals surface area (Å²) < 4.78 is 13.2. The van der Waals surface area contributed by atoms with Crippen molar-refractivity contribution < 1.29 is 14.3 Å². The summed E-state index contributed by atoms with van der Waals surface area (Å²) in [7, 11) is 1.59. The van der Waals surface area contributed by atoms with Gasteiger partial charge < -0.3 is 14.8 Å². The van der Waals surface area contributed by atoms with Crippen molar-refractivity contribution in [2.75, 3.05) is 13.7 Å². The van der Waals surface area contributed by atoms with E-state index in [-0.39, 0.29) is 18.5 Å². The number of hydrogen-bond acceptors (Lipinski definition) is 6. The Kier molecular flexibility index (Phi) is 6.39. The minimum absolute atomic E-state index is 0.201. The number of ether oxygens (including phenoxy) is 2. The van der Waals surface area contributed by atoms with E-state index in [1.807, 2.05) is 62.4 Å². The number of carbonyl (C=O) groups excluding carboxylic acids is 1. The molecule has 2 aromatic carbocycles. The highest BCUT2D eigenvalue weighted by atomic mass is 16.5. The summed E-state index contributed by atoms with van der Waals surface area (Å²) in [6, 6.07) is 16.4. The van der Waals surface area contributed by atoms with Crippen LogP contribution in [0.3, 0.4) is 0 Å². The second-order valence-corrected chi connectivity index (χ2v) is 7.48. The molecule has 0 saturated carbocycles. The van der Waals surface area contributed by atoms with Gasteiger partial charge in [0.25, 0.3) is 5.56 Å². The van der Waals surface area contributed by atoms with Gasteiger partial charge in [-0.3, -0.25) is 9.59 Å². The quantitative estimate of drug-likeness (QED) is 0.446. The summed E-state index contributed by atoms with van der Waals surface area (Å²) in [5.74, 6) is 1.15. The van der Waals surface area contributed by atoms with Gasteiger partial charge in [0.15, 0.2) is 0 Å². The summed E-state index contributed by atoms with van der Waals surface area (Å²) in [6.45, 7) is 4.18. The van der Waals surface area contributed by atoms with Crippen molar-refractivity contribution >= 4 is 11.4 Å². The Morgan fingerprint density at radius 3 is 2.64 bits per heavy atom. The van der Waals surface area contributed by atoms with Crippen LogP contribution < -0.4 is 20.3 Å². The molecule has 1 N–H and O–H groups in total. The maximum atomic E-state index is 12.9. The van der Waals surface area contributed by atoms with Crippen LogP contribution in [0.25, 0.3) is 16.8 Å². The first-order valence-electron chi connectivity index (χ1n) is 10.6. The zero-order valence-electron chi connectivity index (χ0n) is 18.7. The molecule has 0 radical (unpaired) electrons. The largest absolute Gasteiger partial charge is 0.497 e. The molecule has 4 aromatic rings. The van der Waals surface area contributed by atoms with E-state index in [0.29, 0.717) is 23.6 Å². The van der Waals surface area contributed by atoms with Crippen molar-refractivity contribution in [1.82, 2.24) is 24.7 Å². The Morgan fingerprint density at radius 1 is 1.12 bits per heavy atom. The highest BCUT2D eigenvalue weighted by Crippen LogP contribution is 2.22. The summed E-state index contributed by atoms with van der Waals surface area (Å²) in [5, 5.41) is 11.4. The minimum atomic E-state index is -0.397. The fourth-order valence-corrected chi connectivity index (χ4v) is 3.50. The van der Waals surface area contributed by atoms with E-state index in [9.17, 15) is 9.59 Å². The normalized spacial score (nSPS) is 11.8. The van der Waals surface area contributed by atoms with Crippen molar-refractivity contribution in [1.29, 1.82) is 0 Å². The number of hydrogen-bond donors (Lipinski definition) is 1. The van der Waals surface area contributed by atoms with Crippen molar-refractivity contribution in [3.63, 3.8) is 0 Å². The van der Waals surface area contributed by atoms with Crippen LogP contribution in [0, 0.1) is 0 Å². The summed E-state index contributed by atoms with van der Waals surface area (Å²) in [5.41, 5.74) is 2.31. The Bertz CT molecular complexity index is 1330. The molecule has 1 atom stereocenters. The number of rotatable bonds is 8. The lowest BCUT2D eigenvalue weighted by Gasteiger charge is -2.15. The Balaban J connectivity index is 1.50. The van der Waals surface area contributed by atoms with E-state index in [0.717, 1.165) is 21.6 Å². The van der Waals surface area contributed by atoms with Gasteiger partial charge in [-0.1, -0.05) is 12.1 Å². The van der Waals surface area contributed by atoms with Crippen molar-refractivity contribution in [2.24, 2.45) is 0 Å². The predicted octanol–water partition coefficient (Wildman–Crippen LogP) is 2.84. The Morgan fingerprint density at radius 2 is 1.91 bits per heavy atom. The van der Waals surface area contributed by atoms with Gasteiger partial charge in [-0.25, -0.2) is 9.20 Å². The molecule has 0 spiro atoms. The molecule has 170 valence electrons. The first-order chi connectivity index (χ1) is 16.0. The molecule has 0 aliphatic rings. The van der Waals surface area contributed by atoms with Crippen LogP contribution in [-0.2, 0) is 11.3 Å². The molecule has 0 aliphatic carbocycles. The van der Waals surface area contributed by atoms with E-state index < -0.39 is 5.56 Å². The molecule has 1 unspecified atom stereocenters. The number of benzene rings is 2. The number of nitrogens with one attached hydrogen (secondary N) is 1. The first-order valence-corrected chi connectivity index (χ1v) is 10.6. The molecule has 2 aromatic heterocycles. The standard InChI is InChI=1S/C24H25N5O4/c1-4-33-19-10-8-17(9-11-19)21-13-22-24(31)28(25-15-29(22)27-21)14-23(30)26-16(2)18-6-5-7-20(12-18)32-3/h5-13,15-16H,4,14H2,1-3H3,(H,26,30). The van der Waals surface area contributed by atoms with E-state index >= 15 is 0 Å². The summed E-state index contributed by atoms with van der Waals surface area (Å²) in [4.78, 5) is 25.5. The fraction of sp³-hybridized carbons (Fsp3) is 0.250. The van der Waals surface area contributed by atoms with Gasteiger partial charge in [0.1, 0.15) is 29.9 Å². The lowest BCUT2D eigenvalue weighted by atomic mass is 10.1. The maximum absolute atomic E-state index is 12.9. The lowest BCUT2D eigenvalue weighted by Crippen LogP contribution is -2.35. The van der Waals surface area contributed by atoms with Crippen LogP contribution in [0.15, 0.2) is 65.7 Å². The van der Waals surface area contributed by atoms with Crippen LogP contribution in [0.5, 0.6) is 11.5 Å². The molecule has 2 heterocycles. The van der Waals surface area contributed by atoms with Gasteiger partial charge in [-0.05, 0) is 61.9 Å². The van der Waals surface area contributed by atoms with Gasteiger partial charge in [-0.2, -0.15) is 10.2 Å². The number of aromatic nitrogens is 4. The smallest absolute Gasteiger partial charge is 0.293 e. The van der Waals surface area contributed by atoms with Crippen molar-refractivity contribution in [3.05, 3.63) is 76.8 Å². The molecule has 0 aliphatic heterocycles. The molecule has 0 fully saturated rings. The Hall–Kier alpha value is -4.14. The zero-order valence-corrected chi connectivity index (χ0v) is 18.7.